The lowest BCUT2D eigenvalue weighted by Gasteiger charge is -2.32. The van der Waals surface area contributed by atoms with Crippen molar-refractivity contribution in [3.63, 3.8) is 0 Å². The molecule has 2 aromatic heterocycles. The van der Waals surface area contributed by atoms with E-state index < -0.39 is 0 Å². The average Bonchev–Trinajstić information content (AvgIpc) is 3.28. The lowest BCUT2D eigenvalue weighted by Crippen LogP contribution is -2.34. The van der Waals surface area contributed by atoms with Crippen LogP contribution in [0.5, 0.6) is 0 Å². The van der Waals surface area contributed by atoms with Crippen LogP contribution in [-0.4, -0.2) is 45.0 Å². The number of aryl methyl sites for hydroxylation is 3. The van der Waals surface area contributed by atoms with Gasteiger partial charge in [0.2, 0.25) is 5.91 Å². The Hall–Kier alpha value is -3.51. The van der Waals surface area contributed by atoms with E-state index in [0.717, 1.165) is 75.2 Å². The van der Waals surface area contributed by atoms with E-state index in [-0.39, 0.29) is 5.91 Å². The quantitative estimate of drug-likeness (QED) is 0.244. The Kier molecular flexibility index (Phi) is 8.72. The molecule has 4 aromatic rings. The average molecular weight is 524 g/mol. The van der Waals surface area contributed by atoms with Gasteiger partial charge in [0, 0.05) is 37.3 Å². The smallest absolute Gasteiger partial charge is 0.221 e. The first-order valence-corrected chi connectivity index (χ1v) is 14.5. The van der Waals surface area contributed by atoms with Gasteiger partial charge in [-0.2, -0.15) is 0 Å². The third kappa shape index (κ3) is 6.56. The SMILES string of the molecule is CCCCc1nc2cc(-c3ccccn3)c(C)cc2n1CCCN1CCC(c2cccc(NC(C)=O)c2)CC1. The van der Waals surface area contributed by atoms with Gasteiger partial charge in [0.25, 0.3) is 0 Å². The predicted octanol–water partition coefficient (Wildman–Crippen LogP) is 6.98. The first-order chi connectivity index (χ1) is 19.0. The number of imidazole rings is 1. The maximum atomic E-state index is 11.4. The minimum atomic E-state index is -0.0192. The number of nitrogens with zero attached hydrogens (tertiary/aromatic N) is 4. The molecular formula is C33H41N5O. The second-order valence-corrected chi connectivity index (χ2v) is 10.9. The number of aromatic nitrogens is 3. The van der Waals surface area contributed by atoms with Crippen molar-refractivity contribution in [1.29, 1.82) is 0 Å². The summed E-state index contributed by atoms with van der Waals surface area (Å²) in [5.41, 5.74) is 7.98. The molecule has 0 atom stereocenters. The van der Waals surface area contributed by atoms with E-state index >= 15 is 0 Å². The van der Waals surface area contributed by atoms with Gasteiger partial charge in [0.15, 0.2) is 0 Å². The van der Waals surface area contributed by atoms with Crippen molar-refractivity contribution in [1.82, 2.24) is 19.4 Å². The molecular weight excluding hydrogens is 482 g/mol. The molecule has 1 aliphatic rings. The Balaban J connectivity index is 1.23. The van der Waals surface area contributed by atoms with E-state index in [9.17, 15) is 4.79 Å². The van der Waals surface area contributed by atoms with Crippen molar-refractivity contribution in [3.8, 4) is 11.3 Å². The van der Waals surface area contributed by atoms with Crippen LogP contribution >= 0.6 is 0 Å². The molecule has 1 amide bonds. The van der Waals surface area contributed by atoms with Gasteiger partial charge in [-0.05, 0) is 106 Å². The van der Waals surface area contributed by atoms with Crippen LogP contribution in [0.15, 0.2) is 60.8 Å². The highest BCUT2D eigenvalue weighted by Crippen LogP contribution is 2.31. The molecule has 3 heterocycles. The molecule has 6 heteroatoms. The maximum absolute atomic E-state index is 11.4. The zero-order valence-electron chi connectivity index (χ0n) is 23.6. The number of benzene rings is 2. The number of amides is 1. The molecule has 1 fully saturated rings. The number of unbranched alkanes of at least 4 members (excludes halogenated alkanes) is 1. The molecule has 1 aliphatic heterocycles. The molecule has 6 nitrogen and oxygen atoms in total. The Morgan fingerprint density at radius 2 is 1.87 bits per heavy atom. The summed E-state index contributed by atoms with van der Waals surface area (Å²) in [5, 5.41) is 2.92. The number of hydrogen-bond donors (Lipinski definition) is 1. The molecule has 0 unspecified atom stereocenters. The van der Waals surface area contributed by atoms with Crippen LogP contribution in [-0.2, 0) is 17.8 Å². The highest BCUT2D eigenvalue weighted by atomic mass is 16.1. The molecule has 2 aromatic carbocycles. The van der Waals surface area contributed by atoms with Crippen LogP contribution in [0.25, 0.3) is 22.3 Å². The molecule has 204 valence electrons. The van der Waals surface area contributed by atoms with Crippen LogP contribution in [0, 0.1) is 6.92 Å². The zero-order chi connectivity index (χ0) is 27.2. The van der Waals surface area contributed by atoms with Gasteiger partial charge >= 0.3 is 0 Å². The number of nitrogens with one attached hydrogen (secondary N) is 1. The summed E-state index contributed by atoms with van der Waals surface area (Å²) >= 11 is 0. The second-order valence-electron chi connectivity index (χ2n) is 10.9. The highest BCUT2D eigenvalue weighted by Gasteiger charge is 2.21. The molecule has 0 saturated carbocycles. The van der Waals surface area contributed by atoms with Gasteiger partial charge in [-0.25, -0.2) is 4.98 Å². The van der Waals surface area contributed by atoms with Gasteiger partial charge in [-0.1, -0.05) is 31.5 Å². The molecule has 5 rings (SSSR count). The fourth-order valence-corrected chi connectivity index (χ4v) is 5.91. The van der Waals surface area contributed by atoms with Crippen molar-refractivity contribution >= 4 is 22.6 Å². The van der Waals surface area contributed by atoms with Crippen molar-refractivity contribution < 1.29 is 4.79 Å². The van der Waals surface area contributed by atoms with Crippen molar-refractivity contribution in [2.24, 2.45) is 0 Å². The Labute approximate surface area is 232 Å². The van der Waals surface area contributed by atoms with Gasteiger partial charge in [-0.3, -0.25) is 9.78 Å². The summed E-state index contributed by atoms with van der Waals surface area (Å²) in [7, 11) is 0. The maximum Gasteiger partial charge on any atom is 0.221 e. The van der Waals surface area contributed by atoms with E-state index in [4.69, 9.17) is 4.98 Å². The number of carbonyl (C=O) groups is 1. The van der Waals surface area contributed by atoms with Crippen LogP contribution < -0.4 is 5.32 Å². The standard InChI is InChI=1S/C33H41N5O/c1-4-5-13-33-36-31-23-29(30-12-6-7-16-34-30)24(2)21-32(31)38(33)18-9-17-37-19-14-26(15-20-37)27-10-8-11-28(22-27)35-25(3)39/h6-8,10-12,16,21-23,26H,4-5,9,13-15,17-20H2,1-3H3,(H,35,39). The molecule has 0 bridgehead atoms. The lowest BCUT2D eigenvalue weighted by molar-refractivity contribution is -0.114. The number of rotatable bonds is 10. The zero-order valence-corrected chi connectivity index (χ0v) is 23.6. The van der Waals surface area contributed by atoms with Gasteiger partial charge < -0.3 is 14.8 Å². The molecule has 39 heavy (non-hydrogen) atoms. The molecule has 1 saturated heterocycles. The summed E-state index contributed by atoms with van der Waals surface area (Å²) in [6.45, 7) is 10.3. The highest BCUT2D eigenvalue weighted by molar-refractivity contribution is 5.88. The van der Waals surface area contributed by atoms with Crippen LogP contribution in [0.1, 0.15) is 68.8 Å². The minimum absolute atomic E-state index is 0.0192. The van der Waals surface area contributed by atoms with Crippen molar-refractivity contribution in [2.45, 2.75) is 71.8 Å². The number of fused-ring (bicyclic) bond motifs is 1. The number of likely N-dealkylation sites (tertiary alicyclic amines) is 1. The number of piperidine rings is 1. The van der Waals surface area contributed by atoms with Crippen LogP contribution in [0.4, 0.5) is 5.69 Å². The normalized spacial score (nSPS) is 14.6. The fraction of sp³-hybridized carbons (Fsp3) is 0.424. The number of hydrogen-bond acceptors (Lipinski definition) is 4. The van der Waals surface area contributed by atoms with Gasteiger partial charge in [-0.15, -0.1) is 0 Å². The summed E-state index contributed by atoms with van der Waals surface area (Å²) in [5.74, 6) is 1.75. The lowest BCUT2D eigenvalue weighted by atomic mass is 9.89. The number of pyridine rings is 1. The fourth-order valence-electron chi connectivity index (χ4n) is 5.91. The number of anilines is 1. The van der Waals surface area contributed by atoms with Crippen LogP contribution in [0.2, 0.25) is 0 Å². The van der Waals surface area contributed by atoms with Crippen molar-refractivity contribution in [2.75, 3.05) is 25.0 Å². The van der Waals surface area contributed by atoms with E-state index in [1.54, 1.807) is 6.92 Å². The Bertz CT molecular complexity index is 1400. The summed E-state index contributed by atoms with van der Waals surface area (Å²) < 4.78 is 2.47. The van der Waals surface area contributed by atoms with E-state index in [1.165, 1.54) is 34.5 Å². The van der Waals surface area contributed by atoms with E-state index in [0.29, 0.717) is 5.92 Å². The van der Waals surface area contributed by atoms with Gasteiger partial charge in [0.1, 0.15) is 5.82 Å². The molecule has 1 N–H and O–H groups in total. The summed E-state index contributed by atoms with van der Waals surface area (Å²) in [6.07, 6.45) is 8.65. The molecule has 0 radical (unpaired) electrons. The van der Waals surface area contributed by atoms with Gasteiger partial charge in [0.05, 0.1) is 16.7 Å². The summed E-state index contributed by atoms with van der Waals surface area (Å²) in [6, 6.07) is 19.0. The minimum Gasteiger partial charge on any atom is -0.328 e. The van der Waals surface area contributed by atoms with E-state index in [1.807, 2.05) is 24.4 Å². The van der Waals surface area contributed by atoms with E-state index in [2.05, 4.69) is 70.0 Å². The van der Waals surface area contributed by atoms with Crippen molar-refractivity contribution in [3.05, 3.63) is 77.7 Å². The second kappa shape index (κ2) is 12.6. The topological polar surface area (TPSA) is 63.1 Å². The predicted molar refractivity (Wildman–Crippen MR) is 160 cm³/mol. The first-order valence-electron chi connectivity index (χ1n) is 14.5. The molecule has 0 spiro atoms. The summed E-state index contributed by atoms with van der Waals surface area (Å²) in [4.78, 5) is 23.7. The van der Waals surface area contributed by atoms with Crippen LogP contribution in [0.3, 0.4) is 0 Å². The first kappa shape index (κ1) is 27.1. The number of carbonyl (C=O) groups excluding carboxylic acids is 1. The molecule has 0 aliphatic carbocycles. The largest absolute Gasteiger partial charge is 0.328 e. The Morgan fingerprint density at radius 1 is 1.03 bits per heavy atom. The third-order valence-electron chi connectivity index (χ3n) is 7.99. The Morgan fingerprint density at radius 3 is 2.62 bits per heavy atom. The monoisotopic (exact) mass is 523 g/mol. The third-order valence-corrected chi connectivity index (χ3v) is 7.99.